The molecule has 122 valence electrons. The van der Waals surface area contributed by atoms with Gasteiger partial charge in [0.15, 0.2) is 0 Å². The monoisotopic (exact) mass is 345 g/mol. The van der Waals surface area contributed by atoms with Crippen molar-refractivity contribution >= 4 is 40.2 Å². The van der Waals surface area contributed by atoms with Crippen molar-refractivity contribution in [2.24, 2.45) is 9.98 Å². The number of nitrogens with zero attached hydrogens (tertiary/aromatic N) is 2. The first-order valence-corrected chi connectivity index (χ1v) is 8.48. The van der Waals surface area contributed by atoms with E-state index >= 15 is 0 Å². The third-order valence-electron chi connectivity index (χ3n) is 3.97. The number of anilines is 1. The molecule has 3 aromatic carbocycles. The quantitative estimate of drug-likeness (QED) is 0.607. The van der Waals surface area contributed by atoms with Gasteiger partial charge in [-0.05, 0) is 42.0 Å². The highest BCUT2D eigenvalue weighted by atomic mass is 35.5. The second-order valence-electron chi connectivity index (χ2n) is 5.78. The molecule has 0 saturated heterocycles. The van der Waals surface area contributed by atoms with E-state index in [0.717, 1.165) is 39.2 Å². The molecule has 0 atom stereocenters. The van der Waals surface area contributed by atoms with Gasteiger partial charge < -0.3 is 5.32 Å². The molecule has 0 aliphatic carbocycles. The fourth-order valence-corrected chi connectivity index (χ4v) is 2.88. The highest BCUT2D eigenvalue weighted by Gasteiger charge is 2.15. The maximum atomic E-state index is 6.02. The molecule has 25 heavy (non-hydrogen) atoms. The fourth-order valence-electron chi connectivity index (χ4n) is 2.75. The SMILES string of the molecule is Clc1ccc(C2=Nc3ccccc3N=C(Nc3ccccc3)C2)cc1. The van der Waals surface area contributed by atoms with Gasteiger partial charge in [-0.25, -0.2) is 4.99 Å². The van der Waals surface area contributed by atoms with E-state index in [4.69, 9.17) is 21.6 Å². The van der Waals surface area contributed by atoms with Crippen LogP contribution in [0.5, 0.6) is 0 Å². The van der Waals surface area contributed by atoms with Gasteiger partial charge in [-0.15, -0.1) is 0 Å². The summed E-state index contributed by atoms with van der Waals surface area (Å²) in [6, 6.07) is 25.7. The molecule has 0 unspecified atom stereocenters. The molecule has 0 amide bonds. The van der Waals surface area contributed by atoms with Crippen molar-refractivity contribution < 1.29 is 0 Å². The molecule has 0 aromatic heterocycles. The van der Waals surface area contributed by atoms with E-state index in [1.807, 2.05) is 78.9 Å². The van der Waals surface area contributed by atoms with Crippen LogP contribution in [0, 0.1) is 0 Å². The van der Waals surface area contributed by atoms with Gasteiger partial charge in [0.25, 0.3) is 0 Å². The number of amidine groups is 1. The van der Waals surface area contributed by atoms with E-state index in [2.05, 4.69) is 5.32 Å². The predicted octanol–water partition coefficient (Wildman–Crippen LogP) is 6.01. The van der Waals surface area contributed by atoms with Gasteiger partial charge in [0.1, 0.15) is 5.84 Å². The Hall–Kier alpha value is -2.91. The fraction of sp³-hybridized carbons (Fsp3) is 0.0476. The van der Waals surface area contributed by atoms with Crippen LogP contribution in [0.25, 0.3) is 0 Å². The van der Waals surface area contributed by atoms with Crippen molar-refractivity contribution in [3.05, 3.63) is 89.4 Å². The minimum Gasteiger partial charge on any atom is -0.343 e. The van der Waals surface area contributed by atoms with Gasteiger partial charge in [0.2, 0.25) is 0 Å². The molecule has 1 N–H and O–H groups in total. The van der Waals surface area contributed by atoms with Gasteiger partial charge in [0.05, 0.1) is 17.1 Å². The molecule has 4 rings (SSSR count). The maximum Gasteiger partial charge on any atom is 0.113 e. The zero-order chi connectivity index (χ0) is 17.1. The zero-order valence-electron chi connectivity index (χ0n) is 13.5. The van der Waals surface area contributed by atoms with E-state index < -0.39 is 0 Å². The summed E-state index contributed by atoms with van der Waals surface area (Å²) in [6.07, 6.45) is 0.616. The number of rotatable bonds is 2. The lowest BCUT2D eigenvalue weighted by atomic mass is 10.1. The summed E-state index contributed by atoms with van der Waals surface area (Å²) in [7, 11) is 0. The third-order valence-corrected chi connectivity index (χ3v) is 4.22. The Morgan fingerprint density at radius 3 is 2.08 bits per heavy atom. The lowest BCUT2D eigenvalue weighted by molar-refractivity contribution is 1.43. The summed E-state index contributed by atoms with van der Waals surface area (Å²) in [5.41, 5.74) is 4.76. The number of aliphatic imine (C=N–C) groups is 2. The number of nitrogens with one attached hydrogen (secondary N) is 1. The molecule has 3 nitrogen and oxygen atoms in total. The molecule has 0 radical (unpaired) electrons. The van der Waals surface area contributed by atoms with Gasteiger partial charge >= 0.3 is 0 Å². The molecule has 3 aromatic rings. The average Bonchev–Trinajstić information content (AvgIpc) is 2.82. The highest BCUT2D eigenvalue weighted by molar-refractivity contribution is 6.30. The van der Waals surface area contributed by atoms with E-state index in [1.165, 1.54) is 0 Å². The van der Waals surface area contributed by atoms with Gasteiger partial charge in [-0.1, -0.05) is 54.1 Å². The van der Waals surface area contributed by atoms with Gasteiger partial charge in [-0.2, -0.15) is 0 Å². The Balaban J connectivity index is 1.75. The van der Waals surface area contributed by atoms with Crippen molar-refractivity contribution in [1.82, 2.24) is 0 Å². The lowest BCUT2D eigenvalue weighted by Crippen LogP contribution is -2.16. The third kappa shape index (κ3) is 3.62. The number of benzene rings is 3. The minimum absolute atomic E-state index is 0.616. The van der Waals surface area contributed by atoms with Crippen molar-refractivity contribution in [1.29, 1.82) is 0 Å². The molecule has 0 spiro atoms. The van der Waals surface area contributed by atoms with Crippen molar-refractivity contribution in [2.45, 2.75) is 6.42 Å². The van der Waals surface area contributed by atoms with E-state index in [0.29, 0.717) is 6.42 Å². The Morgan fingerprint density at radius 1 is 0.720 bits per heavy atom. The lowest BCUT2D eigenvalue weighted by Gasteiger charge is -2.10. The molecular formula is C21H16ClN3. The van der Waals surface area contributed by atoms with Crippen LogP contribution in [0.4, 0.5) is 17.1 Å². The average molecular weight is 346 g/mol. The smallest absolute Gasteiger partial charge is 0.113 e. The normalized spacial score (nSPS) is 13.3. The second kappa shape index (κ2) is 6.91. The summed E-state index contributed by atoms with van der Waals surface area (Å²) in [5, 5.41) is 4.13. The molecular weight excluding hydrogens is 330 g/mol. The summed E-state index contributed by atoms with van der Waals surface area (Å²) in [4.78, 5) is 9.64. The maximum absolute atomic E-state index is 6.02. The Morgan fingerprint density at radius 2 is 1.36 bits per heavy atom. The summed E-state index contributed by atoms with van der Waals surface area (Å²) in [5.74, 6) is 0.866. The van der Waals surface area contributed by atoms with Crippen molar-refractivity contribution in [2.75, 3.05) is 5.32 Å². The molecule has 1 heterocycles. The number of hydrogen-bond acceptors (Lipinski definition) is 3. The molecule has 4 heteroatoms. The first-order valence-electron chi connectivity index (χ1n) is 8.10. The Bertz CT molecular complexity index is 944. The Kier molecular flexibility index (Phi) is 4.32. The van der Waals surface area contributed by atoms with E-state index in [1.54, 1.807) is 0 Å². The number of fused-ring (bicyclic) bond motifs is 1. The van der Waals surface area contributed by atoms with Crippen LogP contribution in [0.3, 0.4) is 0 Å². The highest BCUT2D eigenvalue weighted by Crippen LogP contribution is 2.31. The first-order chi connectivity index (χ1) is 12.3. The molecule has 1 aliphatic heterocycles. The van der Waals surface area contributed by atoms with E-state index in [9.17, 15) is 0 Å². The standard InChI is InChI=1S/C21H16ClN3/c22-16-12-10-15(11-13-16)20-14-21(23-17-6-2-1-3-7-17)25-19-9-5-4-8-18(19)24-20/h1-13H,14H2,(H,23,25). The Labute approximate surface area is 151 Å². The minimum atomic E-state index is 0.616. The van der Waals surface area contributed by atoms with Crippen LogP contribution in [-0.4, -0.2) is 11.5 Å². The second-order valence-corrected chi connectivity index (χ2v) is 6.22. The summed E-state index contributed by atoms with van der Waals surface area (Å²) < 4.78 is 0. The predicted molar refractivity (Wildman–Crippen MR) is 106 cm³/mol. The van der Waals surface area contributed by atoms with Crippen molar-refractivity contribution in [3.8, 4) is 0 Å². The van der Waals surface area contributed by atoms with Crippen LogP contribution in [0.1, 0.15) is 12.0 Å². The first kappa shape index (κ1) is 15.6. The molecule has 1 aliphatic rings. The molecule has 0 bridgehead atoms. The molecule has 0 saturated carbocycles. The largest absolute Gasteiger partial charge is 0.343 e. The van der Waals surface area contributed by atoms with Crippen LogP contribution < -0.4 is 5.32 Å². The van der Waals surface area contributed by atoms with Crippen molar-refractivity contribution in [3.63, 3.8) is 0 Å². The van der Waals surface area contributed by atoms with Crippen LogP contribution in [0.15, 0.2) is 88.8 Å². The number of hydrogen-bond donors (Lipinski definition) is 1. The molecule has 0 fully saturated rings. The number of halogens is 1. The zero-order valence-corrected chi connectivity index (χ0v) is 14.2. The van der Waals surface area contributed by atoms with Crippen LogP contribution in [-0.2, 0) is 0 Å². The summed E-state index contributed by atoms with van der Waals surface area (Å²) >= 11 is 6.02. The van der Waals surface area contributed by atoms with E-state index in [-0.39, 0.29) is 0 Å². The number of para-hydroxylation sites is 3. The van der Waals surface area contributed by atoms with Gasteiger partial charge in [-0.3, -0.25) is 4.99 Å². The van der Waals surface area contributed by atoms with Crippen LogP contribution in [0.2, 0.25) is 5.02 Å². The van der Waals surface area contributed by atoms with Gasteiger partial charge in [0, 0.05) is 17.1 Å². The summed E-state index contributed by atoms with van der Waals surface area (Å²) in [6.45, 7) is 0. The van der Waals surface area contributed by atoms with Crippen LogP contribution >= 0.6 is 11.6 Å². The topological polar surface area (TPSA) is 36.8 Å².